The minimum atomic E-state index is 0.124. The van der Waals surface area contributed by atoms with Crippen LogP contribution in [0.5, 0.6) is 0 Å². The van der Waals surface area contributed by atoms with Gasteiger partial charge in [0.25, 0.3) is 5.91 Å². The van der Waals surface area contributed by atoms with Crippen molar-refractivity contribution >= 4 is 5.91 Å². The number of nitrogens with zero attached hydrogens (tertiary/aromatic N) is 1. The molecule has 1 unspecified atom stereocenters. The maximum atomic E-state index is 12.3. The summed E-state index contributed by atoms with van der Waals surface area (Å²) in [6.07, 6.45) is 2.25. The van der Waals surface area contributed by atoms with Gasteiger partial charge in [0.05, 0.1) is 0 Å². The summed E-state index contributed by atoms with van der Waals surface area (Å²) in [6.45, 7) is 4.01. The van der Waals surface area contributed by atoms with Crippen LogP contribution in [0.2, 0.25) is 0 Å². The first-order chi connectivity index (χ1) is 8.18. The third-order valence-corrected chi connectivity index (χ3v) is 3.44. The van der Waals surface area contributed by atoms with Crippen molar-refractivity contribution in [2.75, 3.05) is 20.1 Å². The molecule has 17 heavy (non-hydrogen) atoms. The lowest BCUT2D eigenvalue weighted by Gasteiger charge is -2.31. The van der Waals surface area contributed by atoms with Crippen molar-refractivity contribution in [3.8, 4) is 0 Å². The van der Waals surface area contributed by atoms with E-state index in [0.717, 1.165) is 31.5 Å². The highest BCUT2D eigenvalue weighted by molar-refractivity contribution is 5.94. The number of carbonyl (C=O) groups excluding carboxylic acids is 1. The van der Waals surface area contributed by atoms with E-state index >= 15 is 0 Å². The monoisotopic (exact) mass is 232 g/mol. The standard InChI is InChI=1S/C14H20N2O/c1-11-5-7-12(8-6-11)14(17)16(2)13-4-3-9-15-10-13/h5-8,13,15H,3-4,9-10H2,1-2H3. The zero-order valence-electron chi connectivity index (χ0n) is 10.6. The van der Waals surface area contributed by atoms with E-state index in [0.29, 0.717) is 6.04 Å². The predicted molar refractivity (Wildman–Crippen MR) is 69.2 cm³/mol. The van der Waals surface area contributed by atoms with E-state index in [-0.39, 0.29) is 5.91 Å². The number of aryl methyl sites for hydroxylation is 1. The summed E-state index contributed by atoms with van der Waals surface area (Å²) in [6, 6.07) is 8.12. The smallest absolute Gasteiger partial charge is 0.253 e. The van der Waals surface area contributed by atoms with E-state index in [4.69, 9.17) is 0 Å². The molecule has 0 radical (unpaired) electrons. The van der Waals surface area contributed by atoms with E-state index in [2.05, 4.69) is 5.32 Å². The number of piperidine rings is 1. The van der Waals surface area contributed by atoms with Gasteiger partial charge in [-0.1, -0.05) is 17.7 Å². The Bertz CT molecular complexity index is 380. The van der Waals surface area contributed by atoms with Crippen LogP contribution in [0.1, 0.15) is 28.8 Å². The van der Waals surface area contributed by atoms with Crippen molar-refractivity contribution in [1.29, 1.82) is 0 Å². The van der Waals surface area contributed by atoms with Crippen LogP contribution >= 0.6 is 0 Å². The second kappa shape index (κ2) is 5.32. The van der Waals surface area contributed by atoms with Crippen LogP contribution < -0.4 is 5.32 Å². The molecular weight excluding hydrogens is 212 g/mol. The molecular formula is C14H20N2O. The molecule has 1 aromatic carbocycles. The lowest BCUT2D eigenvalue weighted by atomic mass is 10.0. The van der Waals surface area contributed by atoms with Crippen molar-refractivity contribution in [3.05, 3.63) is 35.4 Å². The van der Waals surface area contributed by atoms with Crippen molar-refractivity contribution < 1.29 is 4.79 Å². The summed E-state index contributed by atoms with van der Waals surface area (Å²) in [4.78, 5) is 14.1. The molecule has 1 fully saturated rings. The number of amides is 1. The second-order valence-corrected chi connectivity index (χ2v) is 4.78. The molecule has 0 bridgehead atoms. The Morgan fingerprint density at radius 2 is 2.06 bits per heavy atom. The minimum Gasteiger partial charge on any atom is -0.337 e. The van der Waals surface area contributed by atoms with Gasteiger partial charge in [-0.15, -0.1) is 0 Å². The van der Waals surface area contributed by atoms with Gasteiger partial charge in [0, 0.05) is 25.2 Å². The van der Waals surface area contributed by atoms with Crippen LogP contribution in [0.4, 0.5) is 0 Å². The quantitative estimate of drug-likeness (QED) is 0.843. The van der Waals surface area contributed by atoms with E-state index < -0.39 is 0 Å². The molecule has 1 saturated heterocycles. The number of hydrogen-bond donors (Lipinski definition) is 1. The molecule has 92 valence electrons. The van der Waals surface area contributed by atoms with Gasteiger partial charge in [-0.2, -0.15) is 0 Å². The Hall–Kier alpha value is -1.35. The molecule has 1 heterocycles. The number of likely N-dealkylation sites (N-methyl/N-ethyl adjacent to an activating group) is 1. The van der Waals surface area contributed by atoms with Gasteiger partial charge in [0.2, 0.25) is 0 Å². The van der Waals surface area contributed by atoms with Crippen LogP contribution in [0.15, 0.2) is 24.3 Å². The average Bonchev–Trinajstić information content (AvgIpc) is 2.39. The van der Waals surface area contributed by atoms with Crippen LogP contribution in [0, 0.1) is 6.92 Å². The van der Waals surface area contributed by atoms with Gasteiger partial charge < -0.3 is 10.2 Å². The maximum Gasteiger partial charge on any atom is 0.253 e. The Balaban J connectivity index is 2.05. The van der Waals surface area contributed by atoms with Gasteiger partial charge >= 0.3 is 0 Å². The highest BCUT2D eigenvalue weighted by atomic mass is 16.2. The molecule has 3 heteroatoms. The number of carbonyl (C=O) groups is 1. The van der Waals surface area contributed by atoms with Gasteiger partial charge in [0.1, 0.15) is 0 Å². The molecule has 1 aliphatic rings. The Morgan fingerprint density at radius 3 is 2.65 bits per heavy atom. The van der Waals surface area contributed by atoms with Crippen molar-refractivity contribution in [2.45, 2.75) is 25.8 Å². The van der Waals surface area contributed by atoms with E-state index in [1.807, 2.05) is 43.1 Å². The summed E-state index contributed by atoms with van der Waals surface area (Å²) in [5, 5.41) is 3.34. The highest BCUT2D eigenvalue weighted by Gasteiger charge is 2.22. The van der Waals surface area contributed by atoms with Crippen molar-refractivity contribution in [1.82, 2.24) is 10.2 Å². The molecule has 1 aromatic rings. The molecule has 0 aromatic heterocycles. The second-order valence-electron chi connectivity index (χ2n) is 4.78. The van der Waals surface area contributed by atoms with Crippen LogP contribution in [0.25, 0.3) is 0 Å². The molecule has 1 N–H and O–H groups in total. The van der Waals surface area contributed by atoms with Crippen LogP contribution in [0.3, 0.4) is 0 Å². The van der Waals surface area contributed by atoms with Gasteiger partial charge in [0.15, 0.2) is 0 Å². The number of benzene rings is 1. The summed E-state index contributed by atoms with van der Waals surface area (Å²) in [7, 11) is 1.90. The van der Waals surface area contributed by atoms with Crippen LogP contribution in [-0.2, 0) is 0 Å². The molecule has 0 aliphatic carbocycles. The highest BCUT2D eigenvalue weighted by Crippen LogP contribution is 2.13. The summed E-state index contributed by atoms with van der Waals surface area (Å²) in [5.74, 6) is 0.124. The van der Waals surface area contributed by atoms with Crippen molar-refractivity contribution in [3.63, 3.8) is 0 Å². The predicted octanol–water partition coefficient (Wildman–Crippen LogP) is 1.82. The average molecular weight is 232 g/mol. The Kier molecular flexibility index (Phi) is 3.79. The molecule has 0 saturated carbocycles. The Labute approximate surface area is 103 Å². The molecule has 0 spiro atoms. The minimum absolute atomic E-state index is 0.124. The van der Waals surface area contributed by atoms with Gasteiger partial charge in [-0.25, -0.2) is 0 Å². The summed E-state index contributed by atoms with van der Waals surface area (Å²) >= 11 is 0. The van der Waals surface area contributed by atoms with E-state index in [1.165, 1.54) is 5.56 Å². The zero-order valence-corrected chi connectivity index (χ0v) is 10.6. The van der Waals surface area contributed by atoms with Gasteiger partial charge in [-0.3, -0.25) is 4.79 Å². The van der Waals surface area contributed by atoms with Crippen LogP contribution in [-0.4, -0.2) is 37.0 Å². The maximum absolute atomic E-state index is 12.3. The van der Waals surface area contributed by atoms with Gasteiger partial charge in [-0.05, 0) is 38.4 Å². The van der Waals surface area contributed by atoms with E-state index in [9.17, 15) is 4.79 Å². The van der Waals surface area contributed by atoms with Crippen molar-refractivity contribution in [2.24, 2.45) is 0 Å². The zero-order chi connectivity index (χ0) is 12.3. The molecule has 1 amide bonds. The summed E-state index contributed by atoms with van der Waals surface area (Å²) in [5.41, 5.74) is 1.97. The first kappa shape index (κ1) is 12.1. The first-order valence-electron chi connectivity index (χ1n) is 6.23. The number of hydrogen-bond acceptors (Lipinski definition) is 2. The summed E-state index contributed by atoms with van der Waals surface area (Å²) < 4.78 is 0. The van der Waals surface area contributed by atoms with E-state index in [1.54, 1.807) is 0 Å². The SMILES string of the molecule is Cc1ccc(C(=O)N(C)C2CCCNC2)cc1. The molecule has 1 atom stereocenters. The largest absolute Gasteiger partial charge is 0.337 e. The number of rotatable bonds is 2. The number of nitrogens with one attached hydrogen (secondary N) is 1. The fourth-order valence-corrected chi connectivity index (χ4v) is 2.23. The third kappa shape index (κ3) is 2.86. The first-order valence-corrected chi connectivity index (χ1v) is 6.23. The topological polar surface area (TPSA) is 32.3 Å². The normalized spacial score (nSPS) is 20.0. The lowest BCUT2D eigenvalue weighted by Crippen LogP contribution is -2.46. The molecule has 2 rings (SSSR count). The lowest BCUT2D eigenvalue weighted by molar-refractivity contribution is 0.0708. The fourth-order valence-electron chi connectivity index (χ4n) is 2.23. The molecule has 3 nitrogen and oxygen atoms in total. The molecule has 1 aliphatic heterocycles. The fraction of sp³-hybridized carbons (Fsp3) is 0.500. The third-order valence-electron chi connectivity index (χ3n) is 3.44. The Morgan fingerprint density at radius 1 is 1.35 bits per heavy atom.